The van der Waals surface area contributed by atoms with Gasteiger partial charge in [-0.15, -0.1) is 0 Å². The first-order chi connectivity index (χ1) is 17.7. The fourth-order valence-electron chi connectivity index (χ4n) is 3.94. The molecule has 0 radical (unpaired) electrons. The summed E-state index contributed by atoms with van der Waals surface area (Å²) in [5.74, 6) is -1.39. The van der Waals surface area contributed by atoms with Crippen molar-refractivity contribution in [2.75, 3.05) is 11.4 Å². The lowest BCUT2D eigenvalue weighted by Gasteiger charge is -2.31. The summed E-state index contributed by atoms with van der Waals surface area (Å²) in [5.41, 5.74) is 0.953. The van der Waals surface area contributed by atoms with Gasteiger partial charge in [-0.05, 0) is 61.7 Å². The number of amides is 2. The predicted octanol–water partition coefficient (Wildman–Crippen LogP) is 4.18. The SMILES string of the molecule is CC(C)(O)c1cccc(N(C(=O)c2cocn2)C(C(=O)NCCc2cccc(F)c2)c2cccnc2)c1. The van der Waals surface area contributed by atoms with Crippen molar-refractivity contribution in [2.24, 2.45) is 0 Å². The fourth-order valence-corrected chi connectivity index (χ4v) is 3.94. The minimum atomic E-state index is -1.18. The van der Waals surface area contributed by atoms with Crippen LogP contribution >= 0.6 is 0 Å². The number of anilines is 1. The Hall–Kier alpha value is -4.37. The molecule has 0 aliphatic carbocycles. The van der Waals surface area contributed by atoms with Gasteiger partial charge in [-0.2, -0.15) is 0 Å². The lowest BCUT2D eigenvalue weighted by atomic mass is 9.97. The zero-order valence-electron chi connectivity index (χ0n) is 20.5. The molecule has 190 valence electrons. The first-order valence-corrected chi connectivity index (χ1v) is 11.7. The minimum absolute atomic E-state index is 0.00936. The van der Waals surface area contributed by atoms with Crippen LogP contribution in [-0.4, -0.2) is 33.4 Å². The highest BCUT2D eigenvalue weighted by Gasteiger charge is 2.35. The van der Waals surface area contributed by atoms with Crippen molar-refractivity contribution < 1.29 is 23.5 Å². The van der Waals surface area contributed by atoms with Crippen LogP contribution in [-0.2, 0) is 16.8 Å². The van der Waals surface area contributed by atoms with Gasteiger partial charge in [-0.3, -0.25) is 19.5 Å². The molecule has 0 fully saturated rings. The quantitative estimate of drug-likeness (QED) is 0.355. The van der Waals surface area contributed by atoms with Gasteiger partial charge in [0.1, 0.15) is 18.1 Å². The van der Waals surface area contributed by atoms with Gasteiger partial charge in [0.25, 0.3) is 5.91 Å². The second-order valence-electron chi connectivity index (χ2n) is 9.02. The van der Waals surface area contributed by atoms with Gasteiger partial charge in [-0.25, -0.2) is 9.37 Å². The number of hydrogen-bond acceptors (Lipinski definition) is 6. The third kappa shape index (κ3) is 6.25. The molecule has 37 heavy (non-hydrogen) atoms. The molecule has 9 heteroatoms. The summed E-state index contributed by atoms with van der Waals surface area (Å²) in [4.78, 5) is 36.8. The van der Waals surface area contributed by atoms with Crippen LogP contribution in [0.25, 0.3) is 0 Å². The number of aliphatic hydroxyl groups is 1. The average molecular weight is 503 g/mol. The minimum Gasteiger partial charge on any atom is -0.451 e. The zero-order chi connectivity index (χ0) is 26.4. The number of carbonyl (C=O) groups excluding carboxylic acids is 2. The van der Waals surface area contributed by atoms with Crippen LogP contribution in [0.4, 0.5) is 10.1 Å². The van der Waals surface area contributed by atoms with Crippen molar-refractivity contribution in [1.82, 2.24) is 15.3 Å². The molecule has 2 aromatic heterocycles. The smallest absolute Gasteiger partial charge is 0.281 e. The Labute approximate surface area is 213 Å². The molecule has 1 atom stereocenters. The number of nitrogens with zero attached hydrogens (tertiary/aromatic N) is 3. The lowest BCUT2D eigenvalue weighted by molar-refractivity contribution is -0.122. The van der Waals surface area contributed by atoms with Gasteiger partial charge in [-0.1, -0.05) is 30.3 Å². The molecule has 0 aliphatic heterocycles. The highest BCUT2D eigenvalue weighted by molar-refractivity contribution is 6.09. The molecule has 8 nitrogen and oxygen atoms in total. The van der Waals surface area contributed by atoms with E-state index in [1.165, 1.54) is 29.5 Å². The number of halogens is 1. The van der Waals surface area contributed by atoms with Gasteiger partial charge < -0.3 is 14.8 Å². The average Bonchev–Trinajstić information content (AvgIpc) is 3.42. The van der Waals surface area contributed by atoms with Gasteiger partial charge in [0.2, 0.25) is 5.91 Å². The van der Waals surface area contributed by atoms with Crippen molar-refractivity contribution >= 4 is 17.5 Å². The second-order valence-corrected chi connectivity index (χ2v) is 9.02. The van der Waals surface area contributed by atoms with Crippen LogP contribution in [0.2, 0.25) is 0 Å². The highest BCUT2D eigenvalue weighted by atomic mass is 19.1. The molecule has 1 unspecified atom stereocenters. The monoisotopic (exact) mass is 502 g/mol. The third-order valence-corrected chi connectivity index (χ3v) is 5.81. The molecule has 0 saturated carbocycles. The maximum absolute atomic E-state index is 13.7. The summed E-state index contributed by atoms with van der Waals surface area (Å²) in [7, 11) is 0. The number of oxazole rings is 1. The zero-order valence-corrected chi connectivity index (χ0v) is 20.5. The molecule has 4 aromatic rings. The Morgan fingerprint density at radius 1 is 1.14 bits per heavy atom. The lowest BCUT2D eigenvalue weighted by Crippen LogP contribution is -2.44. The summed E-state index contributed by atoms with van der Waals surface area (Å²) in [6.07, 6.45) is 5.82. The largest absolute Gasteiger partial charge is 0.451 e. The van der Waals surface area contributed by atoms with E-state index >= 15 is 0 Å². The molecule has 0 bridgehead atoms. The van der Waals surface area contributed by atoms with Gasteiger partial charge >= 0.3 is 0 Å². The first kappa shape index (κ1) is 25.7. The Kier molecular flexibility index (Phi) is 7.74. The van der Waals surface area contributed by atoms with Crippen LogP contribution in [0.1, 0.15) is 47.1 Å². The van der Waals surface area contributed by atoms with Crippen LogP contribution in [0.3, 0.4) is 0 Å². The topological polar surface area (TPSA) is 109 Å². The molecule has 2 aromatic carbocycles. The first-order valence-electron chi connectivity index (χ1n) is 11.7. The number of nitrogens with one attached hydrogen (secondary N) is 1. The summed E-state index contributed by atoms with van der Waals surface area (Å²) < 4.78 is 18.6. The molecule has 0 aliphatic rings. The Balaban J connectivity index is 1.73. The van der Waals surface area contributed by atoms with E-state index < -0.39 is 23.5 Å². The van der Waals surface area contributed by atoms with Gasteiger partial charge in [0.15, 0.2) is 12.1 Å². The fraction of sp³-hybridized carbons (Fsp3) is 0.214. The van der Waals surface area contributed by atoms with E-state index in [2.05, 4.69) is 15.3 Å². The van der Waals surface area contributed by atoms with E-state index in [4.69, 9.17) is 4.42 Å². The van der Waals surface area contributed by atoms with Crippen LogP contribution in [0.5, 0.6) is 0 Å². The molecule has 0 saturated heterocycles. The van der Waals surface area contributed by atoms with Crippen LogP contribution in [0.15, 0.2) is 90.1 Å². The molecule has 2 N–H and O–H groups in total. The second kappa shape index (κ2) is 11.1. The number of pyridine rings is 1. The van der Waals surface area contributed by atoms with E-state index in [1.54, 1.807) is 68.6 Å². The normalized spacial score (nSPS) is 12.1. The van der Waals surface area contributed by atoms with Crippen molar-refractivity contribution in [2.45, 2.75) is 31.9 Å². The van der Waals surface area contributed by atoms with E-state index in [0.717, 1.165) is 12.0 Å². The predicted molar refractivity (Wildman–Crippen MR) is 135 cm³/mol. The van der Waals surface area contributed by atoms with Crippen LogP contribution in [0, 0.1) is 5.82 Å². The van der Waals surface area contributed by atoms with Crippen molar-refractivity contribution in [3.05, 3.63) is 114 Å². The standard InChI is InChI=1S/C28H27FN4O4/c1-28(2,36)21-8-4-10-23(15-21)33(27(35)24-17-37-18-32-24)25(20-7-5-12-30-16-20)26(34)31-13-11-19-6-3-9-22(29)14-19/h3-10,12,14-18,25,36H,11,13H2,1-2H3,(H,31,34). The Bertz CT molecular complexity index is 1350. The number of aromatic nitrogens is 2. The maximum atomic E-state index is 13.7. The third-order valence-electron chi connectivity index (χ3n) is 5.81. The van der Waals surface area contributed by atoms with Crippen LogP contribution < -0.4 is 10.2 Å². The Morgan fingerprint density at radius 2 is 1.95 bits per heavy atom. The number of carbonyl (C=O) groups is 2. The van der Waals surface area contributed by atoms with E-state index in [1.807, 2.05) is 0 Å². The van der Waals surface area contributed by atoms with Gasteiger partial charge in [0.05, 0.1) is 5.60 Å². The van der Waals surface area contributed by atoms with E-state index in [-0.39, 0.29) is 18.1 Å². The Morgan fingerprint density at radius 3 is 2.62 bits per heavy atom. The van der Waals surface area contributed by atoms with Crippen molar-refractivity contribution in [3.63, 3.8) is 0 Å². The number of hydrogen-bond donors (Lipinski definition) is 2. The van der Waals surface area contributed by atoms with Crippen molar-refractivity contribution in [3.8, 4) is 0 Å². The summed E-state index contributed by atoms with van der Waals surface area (Å²) in [6, 6.07) is 15.2. The van der Waals surface area contributed by atoms with E-state index in [9.17, 15) is 19.1 Å². The van der Waals surface area contributed by atoms with Crippen molar-refractivity contribution in [1.29, 1.82) is 0 Å². The number of benzene rings is 2. The molecule has 2 heterocycles. The molecule has 4 rings (SSSR count). The summed E-state index contributed by atoms with van der Waals surface area (Å²) >= 11 is 0. The highest BCUT2D eigenvalue weighted by Crippen LogP contribution is 2.32. The number of rotatable bonds is 9. The summed E-state index contributed by atoms with van der Waals surface area (Å²) in [6.45, 7) is 3.48. The summed E-state index contributed by atoms with van der Waals surface area (Å²) in [5, 5.41) is 13.4. The molecular weight excluding hydrogens is 475 g/mol. The maximum Gasteiger partial charge on any atom is 0.281 e. The molecule has 2 amide bonds. The van der Waals surface area contributed by atoms with E-state index in [0.29, 0.717) is 23.2 Å². The molecular formula is C28H27FN4O4. The molecule has 0 spiro atoms. The van der Waals surface area contributed by atoms with Gasteiger partial charge in [0, 0.05) is 30.2 Å².